The van der Waals surface area contributed by atoms with E-state index in [4.69, 9.17) is 4.43 Å². The number of hydrogen-bond donors (Lipinski definition) is 0. The summed E-state index contributed by atoms with van der Waals surface area (Å²) in [4.78, 5) is 11.8. The van der Waals surface area contributed by atoms with Crippen LogP contribution in [0.15, 0.2) is 60.7 Å². The lowest BCUT2D eigenvalue weighted by Crippen LogP contribution is -2.67. The van der Waals surface area contributed by atoms with Gasteiger partial charge in [-0.1, -0.05) is 108 Å². The zero-order chi connectivity index (χ0) is 21.8. The first kappa shape index (κ1) is 23.0. The molecular formula is C27H38O2Si. The summed E-state index contributed by atoms with van der Waals surface area (Å²) in [5.41, 5.74) is 0. The van der Waals surface area contributed by atoms with Gasteiger partial charge < -0.3 is 9.22 Å². The van der Waals surface area contributed by atoms with Crippen molar-refractivity contribution in [2.45, 2.75) is 58.9 Å². The fourth-order valence-electron chi connectivity index (χ4n) is 5.75. The molecule has 2 aromatic rings. The van der Waals surface area contributed by atoms with E-state index < -0.39 is 8.32 Å². The van der Waals surface area contributed by atoms with Crippen molar-refractivity contribution in [3.63, 3.8) is 0 Å². The Morgan fingerprint density at radius 1 is 1.00 bits per heavy atom. The van der Waals surface area contributed by atoms with Crippen molar-refractivity contribution in [2.24, 2.45) is 23.7 Å². The average Bonchev–Trinajstić information content (AvgIpc) is 2.74. The summed E-state index contributed by atoms with van der Waals surface area (Å²) in [5, 5.41) is 2.62. The van der Waals surface area contributed by atoms with E-state index in [-0.39, 0.29) is 11.0 Å². The maximum atomic E-state index is 11.8. The number of hydrogen-bond acceptors (Lipinski definition) is 2. The van der Waals surface area contributed by atoms with Crippen LogP contribution in [0.4, 0.5) is 0 Å². The van der Waals surface area contributed by atoms with Crippen LogP contribution in [0.3, 0.4) is 0 Å². The summed E-state index contributed by atoms with van der Waals surface area (Å²) >= 11 is 0. The minimum Gasteiger partial charge on any atom is -0.407 e. The molecule has 1 fully saturated rings. The van der Waals surface area contributed by atoms with Crippen molar-refractivity contribution in [3.05, 3.63) is 60.7 Å². The maximum absolute atomic E-state index is 11.8. The molecule has 0 bridgehead atoms. The first-order valence-corrected chi connectivity index (χ1v) is 13.4. The highest BCUT2D eigenvalue weighted by Crippen LogP contribution is 2.41. The molecule has 0 spiro atoms. The Hall–Kier alpha value is -1.71. The van der Waals surface area contributed by atoms with Gasteiger partial charge >= 0.3 is 0 Å². The lowest BCUT2D eigenvalue weighted by atomic mass is 9.68. The van der Waals surface area contributed by atoms with E-state index in [1.54, 1.807) is 0 Å². The van der Waals surface area contributed by atoms with Crippen molar-refractivity contribution < 1.29 is 9.22 Å². The molecular weight excluding hydrogens is 384 g/mol. The predicted molar refractivity (Wildman–Crippen MR) is 129 cm³/mol. The molecule has 3 rings (SSSR count). The van der Waals surface area contributed by atoms with E-state index in [9.17, 15) is 4.79 Å². The normalized spacial score (nSPS) is 23.7. The summed E-state index contributed by atoms with van der Waals surface area (Å²) in [7, 11) is -2.52. The van der Waals surface area contributed by atoms with Gasteiger partial charge in [-0.05, 0) is 39.6 Å². The third-order valence-corrected chi connectivity index (χ3v) is 12.2. The fraction of sp³-hybridized carbons (Fsp3) is 0.519. The Kier molecular flexibility index (Phi) is 7.36. The summed E-state index contributed by atoms with van der Waals surface area (Å²) < 4.78 is 7.15. The predicted octanol–water partition coefficient (Wildman–Crippen LogP) is 5.45. The van der Waals surface area contributed by atoms with Gasteiger partial charge in [-0.15, -0.1) is 0 Å². The number of carbonyl (C=O) groups excluding carboxylic acids is 1. The van der Waals surface area contributed by atoms with Crippen LogP contribution < -0.4 is 10.4 Å². The molecule has 2 nitrogen and oxygen atoms in total. The molecule has 0 N–H and O–H groups in total. The first-order chi connectivity index (χ1) is 14.3. The zero-order valence-corrected chi connectivity index (χ0v) is 20.3. The van der Waals surface area contributed by atoms with Gasteiger partial charge in [0.05, 0.1) is 0 Å². The van der Waals surface area contributed by atoms with Crippen LogP contribution in [0.1, 0.15) is 53.9 Å². The van der Waals surface area contributed by atoms with Gasteiger partial charge in [0.25, 0.3) is 8.32 Å². The summed E-state index contributed by atoms with van der Waals surface area (Å²) in [6.07, 6.45) is 4.63. The van der Waals surface area contributed by atoms with Gasteiger partial charge in [0.15, 0.2) is 0 Å². The Morgan fingerprint density at radius 3 is 2.00 bits per heavy atom. The molecule has 2 aromatic carbocycles. The Bertz CT molecular complexity index is 757. The summed E-state index contributed by atoms with van der Waals surface area (Å²) in [6, 6.07) is 21.6. The molecule has 1 aliphatic carbocycles. The first-order valence-electron chi connectivity index (χ1n) is 11.5. The Morgan fingerprint density at radius 2 is 1.53 bits per heavy atom. The highest BCUT2D eigenvalue weighted by atomic mass is 28.4. The van der Waals surface area contributed by atoms with Crippen molar-refractivity contribution in [2.75, 3.05) is 6.61 Å². The molecule has 1 saturated carbocycles. The summed E-state index contributed by atoms with van der Waals surface area (Å²) in [6.45, 7) is 12.3. The van der Waals surface area contributed by atoms with Crippen LogP contribution in [0.5, 0.6) is 0 Å². The third-order valence-electron chi connectivity index (χ3n) is 7.16. The van der Waals surface area contributed by atoms with E-state index in [0.717, 1.165) is 6.42 Å². The van der Waals surface area contributed by atoms with E-state index in [1.165, 1.54) is 29.5 Å². The second-order valence-electron chi connectivity index (χ2n) is 10.2. The molecule has 0 heterocycles. The average molecular weight is 423 g/mol. The van der Waals surface area contributed by atoms with E-state index in [1.807, 2.05) is 0 Å². The molecule has 0 aliphatic heterocycles. The smallest absolute Gasteiger partial charge is 0.261 e. The number of benzene rings is 2. The number of carbonyl (C=O) groups is 1. The van der Waals surface area contributed by atoms with Gasteiger partial charge in [-0.25, -0.2) is 0 Å². The standard InChI is InChI=1S/C27H38O2Si/c1-21-13-12-14-23(19-28)26(21)22(2)20-29-30(27(3,4)5,24-15-8-6-9-16-24)25-17-10-7-11-18-25/h6-11,15-19,21-23,26H,12-14,20H2,1-5H3/t21-,22-,23-,26-/m0/s1. The fourth-order valence-corrected chi connectivity index (χ4v) is 10.4. The van der Waals surface area contributed by atoms with E-state index >= 15 is 0 Å². The minimum atomic E-state index is -2.52. The topological polar surface area (TPSA) is 26.3 Å². The molecule has 4 atom stereocenters. The van der Waals surface area contributed by atoms with Crippen molar-refractivity contribution in [3.8, 4) is 0 Å². The number of rotatable bonds is 7. The van der Waals surface area contributed by atoms with Crippen LogP contribution in [0, 0.1) is 23.7 Å². The van der Waals surface area contributed by atoms with Crippen molar-refractivity contribution in [1.29, 1.82) is 0 Å². The zero-order valence-electron chi connectivity index (χ0n) is 19.3. The molecule has 162 valence electrons. The number of aldehydes is 1. The molecule has 0 unspecified atom stereocenters. The van der Waals surface area contributed by atoms with Gasteiger partial charge in [0.1, 0.15) is 6.29 Å². The van der Waals surface area contributed by atoms with Crippen LogP contribution >= 0.6 is 0 Å². The van der Waals surface area contributed by atoms with Crippen LogP contribution in [-0.4, -0.2) is 21.2 Å². The van der Waals surface area contributed by atoms with Crippen LogP contribution in [0.2, 0.25) is 5.04 Å². The van der Waals surface area contributed by atoms with Crippen molar-refractivity contribution in [1.82, 2.24) is 0 Å². The second-order valence-corrected chi connectivity index (χ2v) is 14.5. The largest absolute Gasteiger partial charge is 0.407 e. The third kappa shape index (κ3) is 4.48. The molecule has 30 heavy (non-hydrogen) atoms. The lowest BCUT2D eigenvalue weighted by molar-refractivity contribution is -0.115. The quantitative estimate of drug-likeness (QED) is 0.438. The van der Waals surface area contributed by atoms with Crippen LogP contribution in [0.25, 0.3) is 0 Å². The highest BCUT2D eigenvalue weighted by Gasteiger charge is 2.50. The van der Waals surface area contributed by atoms with Gasteiger partial charge in [0, 0.05) is 12.5 Å². The molecule has 3 heteroatoms. The SMILES string of the molecule is C[C@H]1CCC[C@@H](C=O)[C@@H]1[C@@H](C)CO[Si](c1ccccc1)(c1ccccc1)C(C)(C)C. The molecule has 0 aromatic heterocycles. The maximum Gasteiger partial charge on any atom is 0.261 e. The van der Waals surface area contributed by atoms with Gasteiger partial charge in [-0.2, -0.15) is 0 Å². The molecule has 0 amide bonds. The summed E-state index contributed by atoms with van der Waals surface area (Å²) in [5.74, 6) is 1.52. The van der Waals surface area contributed by atoms with Crippen molar-refractivity contribution >= 4 is 25.0 Å². The van der Waals surface area contributed by atoms with Gasteiger partial charge in [0.2, 0.25) is 0 Å². The lowest BCUT2D eigenvalue weighted by Gasteiger charge is -2.45. The van der Waals surface area contributed by atoms with E-state index in [0.29, 0.717) is 24.4 Å². The monoisotopic (exact) mass is 422 g/mol. The van der Waals surface area contributed by atoms with Gasteiger partial charge in [-0.3, -0.25) is 0 Å². The molecule has 0 radical (unpaired) electrons. The molecule has 0 saturated heterocycles. The minimum absolute atomic E-state index is 0.0162. The second kappa shape index (κ2) is 9.61. The Labute approximate surface area is 184 Å². The van der Waals surface area contributed by atoms with Crippen LogP contribution in [-0.2, 0) is 9.22 Å². The van der Waals surface area contributed by atoms with E-state index in [2.05, 4.69) is 95.3 Å². The highest BCUT2D eigenvalue weighted by molar-refractivity contribution is 6.99. The Balaban J connectivity index is 1.98. The molecule has 1 aliphatic rings.